The Bertz CT molecular complexity index is 993. The molecule has 1 aliphatic heterocycles. The van der Waals surface area contributed by atoms with E-state index in [2.05, 4.69) is 70.4 Å². The van der Waals surface area contributed by atoms with Gasteiger partial charge in [-0.25, -0.2) is 19.8 Å². The zero-order valence-corrected chi connectivity index (χ0v) is 15.9. The van der Waals surface area contributed by atoms with Crippen molar-refractivity contribution in [1.82, 2.24) is 14.8 Å². The van der Waals surface area contributed by atoms with Crippen molar-refractivity contribution in [3.05, 3.63) is 78.4 Å². The second-order valence-corrected chi connectivity index (χ2v) is 7.19. The van der Waals surface area contributed by atoms with Crippen LogP contribution in [0.1, 0.15) is 36.9 Å². The molecule has 0 saturated heterocycles. The molecule has 0 radical (unpaired) electrons. The summed E-state index contributed by atoms with van der Waals surface area (Å²) in [7, 11) is 0. The highest BCUT2D eigenvalue weighted by atomic mass is 16.2. The highest BCUT2D eigenvalue weighted by Crippen LogP contribution is 2.37. The van der Waals surface area contributed by atoms with Crippen LogP contribution >= 0.6 is 0 Å². The Morgan fingerprint density at radius 2 is 2.04 bits per heavy atom. The molecule has 2 aromatic heterocycles. The van der Waals surface area contributed by atoms with E-state index in [0.717, 1.165) is 5.56 Å². The van der Waals surface area contributed by atoms with Crippen molar-refractivity contribution >= 4 is 17.7 Å². The maximum atomic E-state index is 13.2. The molecular formula is C21H23N6O+. The minimum Gasteiger partial charge on any atom is -0.328 e. The molecular weight excluding hydrogens is 352 g/mol. The first-order valence-corrected chi connectivity index (χ1v) is 9.27. The zero-order chi connectivity index (χ0) is 19.7. The SMILES string of the molecule is C=C1Nc2ncnn2C(c2ccc(C(C)C)cc2)C1C(=O)Nc1cccc[nH+]1. The van der Waals surface area contributed by atoms with Gasteiger partial charge < -0.3 is 5.32 Å². The first-order chi connectivity index (χ1) is 13.5. The van der Waals surface area contributed by atoms with Gasteiger partial charge in [0.1, 0.15) is 18.3 Å². The molecule has 1 aliphatic rings. The van der Waals surface area contributed by atoms with Crippen LogP contribution in [-0.2, 0) is 4.79 Å². The van der Waals surface area contributed by atoms with Crippen molar-refractivity contribution in [2.45, 2.75) is 25.8 Å². The van der Waals surface area contributed by atoms with Crippen molar-refractivity contribution < 1.29 is 9.78 Å². The first-order valence-electron chi connectivity index (χ1n) is 9.27. The maximum Gasteiger partial charge on any atom is 0.319 e. The molecule has 3 N–H and O–H groups in total. The van der Waals surface area contributed by atoms with Crippen LogP contribution in [0.15, 0.2) is 67.3 Å². The highest BCUT2D eigenvalue weighted by Gasteiger charge is 2.41. The van der Waals surface area contributed by atoms with E-state index in [1.54, 1.807) is 10.9 Å². The second kappa shape index (κ2) is 7.26. The van der Waals surface area contributed by atoms with Crippen LogP contribution in [0.5, 0.6) is 0 Å². The lowest BCUT2D eigenvalue weighted by Crippen LogP contribution is -2.40. The summed E-state index contributed by atoms with van der Waals surface area (Å²) in [5.74, 6) is 0.926. The van der Waals surface area contributed by atoms with Crippen LogP contribution in [0, 0.1) is 5.92 Å². The molecule has 3 heterocycles. The Labute approximate surface area is 163 Å². The Hall–Kier alpha value is -3.48. The number of anilines is 2. The molecule has 2 unspecified atom stereocenters. The van der Waals surface area contributed by atoms with E-state index in [0.29, 0.717) is 23.4 Å². The van der Waals surface area contributed by atoms with Gasteiger partial charge in [-0.2, -0.15) is 10.1 Å². The summed E-state index contributed by atoms with van der Waals surface area (Å²) in [5.41, 5.74) is 2.82. The lowest BCUT2D eigenvalue weighted by molar-refractivity contribution is -0.360. The normalized spacial score (nSPS) is 18.5. The third-order valence-corrected chi connectivity index (χ3v) is 4.99. The van der Waals surface area contributed by atoms with Gasteiger partial charge in [0.05, 0.1) is 6.20 Å². The Kier molecular flexibility index (Phi) is 4.65. The number of amides is 1. The molecule has 7 nitrogen and oxygen atoms in total. The fourth-order valence-electron chi connectivity index (χ4n) is 3.49. The zero-order valence-electron chi connectivity index (χ0n) is 15.9. The Morgan fingerprint density at radius 3 is 2.71 bits per heavy atom. The maximum absolute atomic E-state index is 13.2. The Morgan fingerprint density at radius 1 is 1.25 bits per heavy atom. The van der Waals surface area contributed by atoms with E-state index >= 15 is 0 Å². The fraction of sp³-hybridized carbons (Fsp3) is 0.238. The quantitative estimate of drug-likeness (QED) is 0.734. The summed E-state index contributed by atoms with van der Waals surface area (Å²) in [6.07, 6.45) is 3.25. The Balaban J connectivity index is 1.72. The van der Waals surface area contributed by atoms with Gasteiger partial charge in [0.2, 0.25) is 5.95 Å². The molecule has 3 aromatic rings. The molecule has 2 atom stereocenters. The molecule has 0 aliphatic carbocycles. The van der Waals surface area contributed by atoms with Crippen LogP contribution in [-0.4, -0.2) is 20.7 Å². The van der Waals surface area contributed by atoms with Gasteiger partial charge in [0.15, 0.2) is 0 Å². The average molecular weight is 375 g/mol. The lowest BCUT2D eigenvalue weighted by Gasteiger charge is -2.32. The van der Waals surface area contributed by atoms with E-state index in [-0.39, 0.29) is 11.9 Å². The standard InChI is InChI=1S/C21H22N6O/c1-13(2)15-7-9-16(10-8-15)19-18(14(3)25-21-23-12-24-27(19)21)20(28)26-17-6-4-5-11-22-17/h4-13,18-19H,3H2,1-2H3,(H,22,26,28)(H,23,24,25)/p+1. The number of carbonyl (C=O) groups excluding carboxylic acids is 1. The summed E-state index contributed by atoms with van der Waals surface area (Å²) < 4.78 is 1.75. The number of aromatic amines is 1. The predicted octanol–water partition coefficient (Wildman–Crippen LogP) is 3.00. The summed E-state index contributed by atoms with van der Waals surface area (Å²) in [5, 5.41) is 10.4. The monoisotopic (exact) mass is 375 g/mol. The number of aromatic nitrogens is 4. The predicted molar refractivity (Wildman–Crippen MR) is 107 cm³/mol. The van der Waals surface area contributed by atoms with Gasteiger partial charge in [-0.1, -0.05) is 50.8 Å². The van der Waals surface area contributed by atoms with Gasteiger partial charge in [0, 0.05) is 11.8 Å². The second-order valence-electron chi connectivity index (χ2n) is 7.19. The number of benzene rings is 1. The third-order valence-electron chi connectivity index (χ3n) is 4.99. The van der Waals surface area contributed by atoms with Crippen LogP contribution in [0.25, 0.3) is 0 Å². The molecule has 28 heavy (non-hydrogen) atoms. The highest BCUT2D eigenvalue weighted by molar-refractivity contribution is 5.94. The van der Waals surface area contributed by atoms with E-state index in [1.165, 1.54) is 11.9 Å². The molecule has 1 aromatic carbocycles. The van der Waals surface area contributed by atoms with Crippen molar-refractivity contribution in [1.29, 1.82) is 0 Å². The largest absolute Gasteiger partial charge is 0.328 e. The van der Waals surface area contributed by atoms with Crippen molar-refractivity contribution in [2.75, 3.05) is 10.6 Å². The third kappa shape index (κ3) is 3.26. The molecule has 0 spiro atoms. The minimum atomic E-state index is -0.548. The van der Waals surface area contributed by atoms with Gasteiger partial charge >= 0.3 is 5.91 Å². The van der Waals surface area contributed by atoms with Gasteiger partial charge in [0.25, 0.3) is 5.82 Å². The van der Waals surface area contributed by atoms with E-state index in [1.807, 2.05) is 18.2 Å². The number of fused-ring (bicyclic) bond motifs is 1. The number of pyridine rings is 1. The van der Waals surface area contributed by atoms with Crippen molar-refractivity contribution in [3.8, 4) is 0 Å². The topological polar surface area (TPSA) is 86.0 Å². The van der Waals surface area contributed by atoms with E-state index < -0.39 is 5.92 Å². The summed E-state index contributed by atoms with van der Waals surface area (Å²) >= 11 is 0. The van der Waals surface area contributed by atoms with Crippen molar-refractivity contribution in [3.63, 3.8) is 0 Å². The van der Waals surface area contributed by atoms with Gasteiger partial charge in [-0.05, 0) is 23.1 Å². The smallest absolute Gasteiger partial charge is 0.319 e. The molecule has 1 amide bonds. The molecule has 142 valence electrons. The number of carbonyl (C=O) groups is 1. The van der Waals surface area contributed by atoms with Gasteiger partial charge in [-0.15, -0.1) is 0 Å². The minimum absolute atomic E-state index is 0.168. The van der Waals surface area contributed by atoms with Crippen LogP contribution in [0.2, 0.25) is 0 Å². The lowest BCUT2D eigenvalue weighted by atomic mass is 9.87. The number of nitrogens with one attached hydrogen (secondary N) is 3. The number of hydrogen-bond acceptors (Lipinski definition) is 4. The van der Waals surface area contributed by atoms with E-state index in [4.69, 9.17) is 0 Å². The molecule has 4 rings (SSSR count). The average Bonchev–Trinajstić information content (AvgIpc) is 3.15. The first kappa shape index (κ1) is 17.9. The summed E-state index contributed by atoms with van der Waals surface area (Å²) in [6.45, 7) is 8.41. The van der Waals surface area contributed by atoms with Gasteiger partial charge in [-0.3, -0.25) is 0 Å². The number of nitrogens with zero attached hydrogens (tertiary/aromatic N) is 3. The summed E-state index contributed by atoms with van der Waals surface area (Å²) in [4.78, 5) is 20.4. The van der Waals surface area contributed by atoms with Crippen LogP contribution in [0.3, 0.4) is 0 Å². The molecule has 0 bridgehead atoms. The molecule has 7 heteroatoms. The molecule has 0 saturated carbocycles. The van der Waals surface area contributed by atoms with Crippen LogP contribution in [0.4, 0.5) is 11.8 Å². The number of rotatable bonds is 4. The number of hydrogen-bond donors (Lipinski definition) is 2. The van der Waals surface area contributed by atoms with E-state index in [9.17, 15) is 4.79 Å². The number of H-pyrrole nitrogens is 1. The summed E-state index contributed by atoms with van der Waals surface area (Å²) in [6, 6.07) is 13.5. The van der Waals surface area contributed by atoms with Crippen LogP contribution < -0.4 is 15.6 Å². The van der Waals surface area contributed by atoms with Crippen molar-refractivity contribution in [2.24, 2.45) is 5.92 Å². The molecule has 0 fully saturated rings. The fourth-order valence-corrected chi connectivity index (χ4v) is 3.49.